The number of piperazine rings is 1. The molecule has 1 heterocycles. The smallest absolute Gasteiger partial charge is 0.363 e. The molecule has 1 saturated heterocycles. The number of nitro groups is 1. The SMILES string of the molecule is Cc1cc(C)c(NC(=O)CN2CCN(c3ccc(C(F)(F)F)cc3[N+](=O)[O-])CC2)c(C)c1. The first-order chi connectivity index (χ1) is 15.0. The van der Waals surface area contributed by atoms with Crippen molar-refractivity contribution < 1.29 is 22.9 Å². The van der Waals surface area contributed by atoms with E-state index in [4.69, 9.17) is 0 Å². The van der Waals surface area contributed by atoms with E-state index in [1.165, 1.54) is 0 Å². The van der Waals surface area contributed by atoms with Crippen LogP contribution in [0, 0.1) is 30.9 Å². The van der Waals surface area contributed by atoms with Gasteiger partial charge in [-0.15, -0.1) is 0 Å². The Labute approximate surface area is 184 Å². The van der Waals surface area contributed by atoms with Crippen molar-refractivity contribution in [3.63, 3.8) is 0 Å². The summed E-state index contributed by atoms with van der Waals surface area (Å²) in [7, 11) is 0. The van der Waals surface area contributed by atoms with E-state index in [0.717, 1.165) is 34.5 Å². The molecule has 0 aromatic heterocycles. The first-order valence-electron chi connectivity index (χ1n) is 10.2. The van der Waals surface area contributed by atoms with Crippen molar-refractivity contribution in [3.8, 4) is 0 Å². The minimum atomic E-state index is -4.65. The number of nitrogens with zero attached hydrogens (tertiary/aromatic N) is 3. The number of aryl methyl sites for hydroxylation is 3. The fraction of sp³-hybridized carbons (Fsp3) is 0.409. The van der Waals surface area contributed by atoms with Crippen molar-refractivity contribution in [1.29, 1.82) is 0 Å². The van der Waals surface area contributed by atoms with E-state index in [1.54, 1.807) is 4.90 Å². The predicted octanol–water partition coefficient (Wildman–Crippen LogP) is 4.30. The standard InChI is InChI=1S/C22H25F3N4O3/c1-14-10-15(2)21(16(3)11-14)26-20(30)13-27-6-8-28(9-7-27)18-5-4-17(22(23,24)25)12-19(18)29(31)32/h4-5,10-12H,6-9,13H2,1-3H3,(H,26,30). The van der Waals surface area contributed by atoms with Gasteiger partial charge in [-0.2, -0.15) is 13.2 Å². The first kappa shape index (κ1) is 23.5. The summed E-state index contributed by atoms with van der Waals surface area (Å²) in [5.74, 6) is -0.158. The van der Waals surface area contributed by atoms with Gasteiger partial charge in [-0.1, -0.05) is 17.7 Å². The zero-order chi connectivity index (χ0) is 23.6. The Balaban J connectivity index is 1.63. The molecule has 3 rings (SSSR count). The average molecular weight is 450 g/mol. The van der Waals surface area contributed by atoms with Gasteiger partial charge in [-0.05, 0) is 44.0 Å². The number of nitrogens with one attached hydrogen (secondary N) is 1. The number of rotatable bonds is 5. The van der Waals surface area contributed by atoms with Crippen LogP contribution >= 0.6 is 0 Å². The number of hydrogen-bond donors (Lipinski definition) is 1. The molecule has 0 atom stereocenters. The maximum atomic E-state index is 12.9. The van der Waals surface area contributed by atoms with Crippen LogP contribution in [0.15, 0.2) is 30.3 Å². The minimum Gasteiger partial charge on any atom is -0.363 e. The second kappa shape index (κ2) is 9.15. The predicted molar refractivity (Wildman–Crippen MR) is 116 cm³/mol. The van der Waals surface area contributed by atoms with Crippen LogP contribution in [-0.2, 0) is 11.0 Å². The number of alkyl halides is 3. The number of carbonyl (C=O) groups excluding carboxylic acids is 1. The lowest BCUT2D eigenvalue weighted by atomic mass is 10.1. The van der Waals surface area contributed by atoms with Gasteiger partial charge < -0.3 is 10.2 Å². The fourth-order valence-electron chi connectivity index (χ4n) is 4.02. The molecule has 1 fully saturated rings. The highest BCUT2D eigenvalue weighted by molar-refractivity contribution is 5.93. The monoisotopic (exact) mass is 450 g/mol. The van der Waals surface area contributed by atoms with Crippen LogP contribution in [0.5, 0.6) is 0 Å². The molecule has 1 aliphatic rings. The van der Waals surface area contributed by atoms with Crippen LogP contribution in [0.4, 0.5) is 30.2 Å². The molecule has 7 nitrogen and oxygen atoms in total. The summed E-state index contributed by atoms with van der Waals surface area (Å²) in [4.78, 5) is 26.7. The van der Waals surface area contributed by atoms with Gasteiger partial charge >= 0.3 is 6.18 Å². The molecule has 0 bridgehead atoms. The molecule has 172 valence electrons. The van der Waals surface area contributed by atoms with E-state index < -0.39 is 22.4 Å². The molecule has 10 heteroatoms. The molecule has 1 aliphatic heterocycles. The lowest BCUT2D eigenvalue weighted by Crippen LogP contribution is -2.48. The van der Waals surface area contributed by atoms with E-state index in [1.807, 2.05) is 37.8 Å². The summed E-state index contributed by atoms with van der Waals surface area (Å²) in [5.41, 5.74) is 2.40. The minimum absolute atomic E-state index is 0.151. The zero-order valence-corrected chi connectivity index (χ0v) is 18.1. The Morgan fingerprint density at radius 1 is 1.06 bits per heavy atom. The van der Waals surface area contributed by atoms with Gasteiger partial charge in [-0.3, -0.25) is 19.8 Å². The number of benzene rings is 2. The number of anilines is 2. The van der Waals surface area contributed by atoms with Crippen molar-refractivity contribution in [1.82, 2.24) is 4.90 Å². The molecule has 32 heavy (non-hydrogen) atoms. The van der Waals surface area contributed by atoms with Gasteiger partial charge in [0.1, 0.15) is 5.69 Å². The van der Waals surface area contributed by atoms with Crippen LogP contribution in [0.2, 0.25) is 0 Å². The van der Waals surface area contributed by atoms with E-state index in [2.05, 4.69) is 5.32 Å². The quantitative estimate of drug-likeness (QED) is 0.543. The number of halogens is 3. The van der Waals surface area contributed by atoms with Gasteiger partial charge in [0.15, 0.2) is 0 Å². The third kappa shape index (κ3) is 5.37. The molecule has 0 aliphatic carbocycles. The summed E-state index contributed by atoms with van der Waals surface area (Å²) < 4.78 is 38.8. The van der Waals surface area contributed by atoms with E-state index in [0.29, 0.717) is 32.2 Å². The highest BCUT2D eigenvalue weighted by atomic mass is 19.4. The van der Waals surface area contributed by atoms with Crippen LogP contribution in [0.3, 0.4) is 0 Å². The highest BCUT2D eigenvalue weighted by Crippen LogP contribution is 2.36. The van der Waals surface area contributed by atoms with Crippen LogP contribution in [-0.4, -0.2) is 48.5 Å². The number of carbonyl (C=O) groups is 1. The Bertz CT molecular complexity index is 1010. The second-order valence-electron chi connectivity index (χ2n) is 8.04. The van der Waals surface area contributed by atoms with Gasteiger partial charge in [0.25, 0.3) is 5.69 Å². The first-order valence-corrected chi connectivity index (χ1v) is 10.2. The number of hydrogen-bond acceptors (Lipinski definition) is 5. The molecule has 1 amide bonds. The van der Waals surface area contributed by atoms with Crippen molar-refractivity contribution in [2.75, 3.05) is 42.9 Å². The molecule has 0 saturated carbocycles. The van der Waals surface area contributed by atoms with Crippen molar-refractivity contribution in [3.05, 3.63) is 62.7 Å². The topological polar surface area (TPSA) is 78.7 Å². The summed E-state index contributed by atoms with van der Waals surface area (Å²) >= 11 is 0. The van der Waals surface area contributed by atoms with E-state index >= 15 is 0 Å². The van der Waals surface area contributed by atoms with E-state index in [9.17, 15) is 28.1 Å². The maximum absolute atomic E-state index is 12.9. The Kier molecular flexibility index (Phi) is 6.73. The van der Waals surface area contributed by atoms with Gasteiger partial charge in [0.05, 0.1) is 17.0 Å². The zero-order valence-electron chi connectivity index (χ0n) is 18.1. The van der Waals surface area contributed by atoms with Gasteiger partial charge in [0.2, 0.25) is 5.91 Å². The summed E-state index contributed by atoms with van der Waals surface area (Å²) in [5, 5.41) is 14.3. The Morgan fingerprint density at radius 2 is 1.66 bits per heavy atom. The summed E-state index contributed by atoms with van der Waals surface area (Å²) in [6.07, 6.45) is -4.65. The molecular weight excluding hydrogens is 425 g/mol. The second-order valence-corrected chi connectivity index (χ2v) is 8.04. The van der Waals surface area contributed by atoms with Crippen LogP contribution in [0.1, 0.15) is 22.3 Å². The molecule has 0 radical (unpaired) electrons. The lowest BCUT2D eigenvalue weighted by molar-refractivity contribution is -0.384. The third-order valence-corrected chi connectivity index (χ3v) is 5.52. The van der Waals surface area contributed by atoms with Crippen LogP contribution < -0.4 is 10.2 Å². The van der Waals surface area contributed by atoms with Gasteiger partial charge in [-0.25, -0.2) is 0 Å². The molecular formula is C22H25F3N4O3. The van der Waals surface area contributed by atoms with Crippen LogP contribution in [0.25, 0.3) is 0 Å². The molecule has 1 N–H and O–H groups in total. The Hall–Kier alpha value is -3.14. The molecule has 2 aromatic carbocycles. The summed E-state index contributed by atoms with van der Waals surface area (Å²) in [6.45, 7) is 7.66. The number of nitro benzene ring substituents is 1. The van der Waals surface area contributed by atoms with Crippen molar-refractivity contribution >= 4 is 23.0 Å². The molecule has 0 unspecified atom stereocenters. The Morgan fingerprint density at radius 3 is 2.19 bits per heavy atom. The van der Waals surface area contributed by atoms with E-state index in [-0.39, 0.29) is 18.1 Å². The normalized spacial score (nSPS) is 15.0. The summed E-state index contributed by atoms with van der Waals surface area (Å²) in [6, 6.07) is 6.57. The largest absolute Gasteiger partial charge is 0.416 e. The number of amides is 1. The maximum Gasteiger partial charge on any atom is 0.416 e. The van der Waals surface area contributed by atoms with Gasteiger partial charge in [0, 0.05) is 37.9 Å². The average Bonchev–Trinajstić information content (AvgIpc) is 2.70. The lowest BCUT2D eigenvalue weighted by Gasteiger charge is -2.35. The molecule has 2 aromatic rings. The van der Waals surface area contributed by atoms with Crippen molar-refractivity contribution in [2.24, 2.45) is 0 Å². The third-order valence-electron chi connectivity index (χ3n) is 5.52. The molecule has 0 spiro atoms. The fourth-order valence-corrected chi connectivity index (χ4v) is 4.02. The highest BCUT2D eigenvalue weighted by Gasteiger charge is 2.34. The van der Waals surface area contributed by atoms with Crippen molar-refractivity contribution in [2.45, 2.75) is 26.9 Å².